The van der Waals surface area contributed by atoms with Gasteiger partial charge in [0.05, 0.1) is 5.69 Å². The quantitative estimate of drug-likeness (QED) is 0.413. The molecule has 0 fully saturated rings. The van der Waals surface area contributed by atoms with Gasteiger partial charge in [-0.15, -0.1) is 22.7 Å². The number of hydrogen-bond donors (Lipinski definition) is 2. The minimum Gasteiger partial charge on any atom is -0.326 e. The van der Waals surface area contributed by atoms with E-state index in [2.05, 4.69) is 20.6 Å². The highest BCUT2D eigenvalue weighted by Gasteiger charge is 2.14. The number of anilines is 2. The van der Waals surface area contributed by atoms with Crippen LogP contribution in [0.3, 0.4) is 0 Å². The van der Waals surface area contributed by atoms with E-state index in [4.69, 9.17) is 0 Å². The van der Waals surface area contributed by atoms with Gasteiger partial charge in [-0.2, -0.15) is 0 Å². The second-order valence-electron chi connectivity index (χ2n) is 6.74. The molecule has 2 N–H and O–H groups in total. The van der Waals surface area contributed by atoms with Crippen LogP contribution in [-0.2, 0) is 4.79 Å². The van der Waals surface area contributed by atoms with Gasteiger partial charge in [0.1, 0.15) is 10.8 Å². The molecular formula is C22H17FN4O2S2. The lowest BCUT2D eigenvalue weighted by Crippen LogP contribution is -2.11. The number of benzene rings is 2. The van der Waals surface area contributed by atoms with Crippen molar-refractivity contribution in [3.8, 4) is 21.8 Å². The molecule has 6 nitrogen and oxygen atoms in total. The van der Waals surface area contributed by atoms with E-state index in [1.54, 1.807) is 41.0 Å². The Kier molecular flexibility index (Phi) is 5.88. The summed E-state index contributed by atoms with van der Waals surface area (Å²) < 4.78 is 14.4. The number of carbonyl (C=O) groups excluding carboxylic acids is 2. The van der Waals surface area contributed by atoms with Gasteiger partial charge in [-0.1, -0.05) is 12.1 Å². The Labute approximate surface area is 185 Å². The lowest BCUT2D eigenvalue weighted by molar-refractivity contribution is -0.114. The average Bonchev–Trinajstić information content (AvgIpc) is 3.37. The number of nitrogens with one attached hydrogen (secondary N) is 2. The number of thiazole rings is 2. The lowest BCUT2D eigenvalue weighted by atomic mass is 10.1. The van der Waals surface area contributed by atoms with Gasteiger partial charge in [0.15, 0.2) is 5.13 Å². The summed E-state index contributed by atoms with van der Waals surface area (Å²) in [7, 11) is 0. The molecule has 0 saturated carbocycles. The monoisotopic (exact) mass is 452 g/mol. The molecular weight excluding hydrogens is 435 g/mol. The van der Waals surface area contributed by atoms with Gasteiger partial charge in [0.2, 0.25) is 5.91 Å². The van der Waals surface area contributed by atoms with Crippen molar-refractivity contribution in [1.29, 1.82) is 0 Å². The second kappa shape index (κ2) is 8.75. The smallest absolute Gasteiger partial charge is 0.257 e. The molecule has 0 atom stereocenters. The number of hydrogen-bond acceptors (Lipinski definition) is 6. The molecule has 0 aliphatic heterocycles. The predicted octanol–water partition coefficient (Wildman–Crippen LogP) is 5.59. The fourth-order valence-corrected chi connectivity index (χ4v) is 4.39. The highest BCUT2D eigenvalue weighted by molar-refractivity contribution is 7.14. The fraction of sp³-hybridized carbons (Fsp3) is 0.0909. The number of nitrogens with zero attached hydrogens (tertiary/aromatic N) is 2. The van der Waals surface area contributed by atoms with Crippen LogP contribution in [0, 0.1) is 12.7 Å². The number of carbonyl (C=O) groups is 2. The van der Waals surface area contributed by atoms with Crippen LogP contribution in [0.15, 0.2) is 53.2 Å². The zero-order chi connectivity index (χ0) is 22.0. The van der Waals surface area contributed by atoms with Gasteiger partial charge in [-0.05, 0) is 37.3 Å². The first-order chi connectivity index (χ1) is 14.9. The maximum Gasteiger partial charge on any atom is 0.257 e. The molecule has 0 aliphatic rings. The Morgan fingerprint density at radius 2 is 1.74 bits per heavy atom. The van der Waals surface area contributed by atoms with Crippen molar-refractivity contribution in [3.63, 3.8) is 0 Å². The van der Waals surface area contributed by atoms with Crippen molar-refractivity contribution in [2.45, 2.75) is 13.8 Å². The number of halogens is 1. The zero-order valence-electron chi connectivity index (χ0n) is 16.6. The standard InChI is InChI=1S/C22H17FN4O2S2/c1-12-10-30-21(24-12)15-5-3-14(4-6-15)20(29)27-22-26-19(11-31-22)17-8-7-16(9-18(17)23)25-13(2)28/h3-11H,1-2H3,(H,25,28)(H,26,27,29). The second-order valence-corrected chi connectivity index (χ2v) is 8.46. The first-order valence-corrected chi connectivity index (χ1v) is 11.0. The highest BCUT2D eigenvalue weighted by Crippen LogP contribution is 2.29. The van der Waals surface area contributed by atoms with E-state index in [0.717, 1.165) is 16.3 Å². The largest absolute Gasteiger partial charge is 0.326 e. The number of aromatic nitrogens is 2. The molecule has 0 spiro atoms. The van der Waals surface area contributed by atoms with Crippen LogP contribution < -0.4 is 10.6 Å². The highest BCUT2D eigenvalue weighted by atomic mass is 32.1. The number of aryl methyl sites for hydroxylation is 1. The Bertz CT molecular complexity index is 1260. The van der Waals surface area contributed by atoms with Gasteiger partial charge in [0.25, 0.3) is 5.91 Å². The summed E-state index contributed by atoms with van der Waals surface area (Å²) in [6, 6.07) is 11.6. The molecule has 0 saturated heterocycles. The topological polar surface area (TPSA) is 84.0 Å². The third-order valence-electron chi connectivity index (χ3n) is 4.30. The van der Waals surface area contributed by atoms with Gasteiger partial charge in [-0.25, -0.2) is 14.4 Å². The summed E-state index contributed by atoms with van der Waals surface area (Å²) in [5.74, 6) is -1.09. The van der Waals surface area contributed by atoms with E-state index in [9.17, 15) is 14.0 Å². The maximum atomic E-state index is 14.4. The minimum atomic E-state index is -0.512. The molecule has 0 aliphatic carbocycles. The molecule has 4 aromatic rings. The zero-order valence-corrected chi connectivity index (χ0v) is 18.2. The predicted molar refractivity (Wildman–Crippen MR) is 122 cm³/mol. The molecule has 4 rings (SSSR count). The Morgan fingerprint density at radius 3 is 2.39 bits per heavy atom. The van der Waals surface area contributed by atoms with Gasteiger partial charge in [-0.3, -0.25) is 14.9 Å². The third-order valence-corrected chi connectivity index (χ3v) is 6.07. The first-order valence-electron chi connectivity index (χ1n) is 9.26. The summed E-state index contributed by atoms with van der Waals surface area (Å²) in [5.41, 5.74) is 3.45. The van der Waals surface area contributed by atoms with Gasteiger partial charge < -0.3 is 5.32 Å². The molecule has 0 unspecified atom stereocenters. The number of rotatable bonds is 5. The van der Waals surface area contributed by atoms with Crippen LogP contribution in [0.5, 0.6) is 0 Å². The van der Waals surface area contributed by atoms with E-state index >= 15 is 0 Å². The Morgan fingerprint density at radius 1 is 0.968 bits per heavy atom. The van der Waals surface area contributed by atoms with Crippen LogP contribution in [0.25, 0.3) is 21.8 Å². The summed E-state index contributed by atoms with van der Waals surface area (Å²) >= 11 is 2.76. The van der Waals surface area contributed by atoms with Crippen LogP contribution in [0.1, 0.15) is 23.0 Å². The van der Waals surface area contributed by atoms with E-state index in [1.165, 1.54) is 24.3 Å². The normalized spacial score (nSPS) is 10.7. The van der Waals surface area contributed by atoms with Crippen LogP contribution in [0.2, 0.25) is 0 Å². The summed E-state index contributed by atoms with van der Waals surface area (Å²) in [6.07, 6.45) is 0. The fourth-order valence-electron chi connectivity index (χ4n) is 2.88. The first kappa shape index (κ1) is 20.8. The van der Waals surface area contributed by atoms with Crippen LogP contribution in [0.4, 0.5) is 15.2 Å². The SMILES string of the molecule is CC(=O)Nc1ccc(-c2csc(NC(=O)c3ccc(-c4nc(C)cs4)cc3)n2)c(F)c1. The van der Waals surface area contributed by atoms with Crippen LogP contribution >= 0.6 is 22.7 Å². The molecule has 0 bridgehead atoms. The molecule has 2 amide bonds. The molecule has 9 heteroatoms. The van der Waals surface area contributed by atoms with E-state index < -0.39 is 5.82 Å². The van der Waals surface area contributed by atoms with E-state index in [1.807, 2.05) is 24.4 Å². The van der Waals surface area contributed by atoms with Crippen LogP contribution in [-0.4, -0.2) is 21.8 Å². The van der Waals surface area contributed by atoms with Crippen molar-refractivity contribution in [2.24, 2.45) is 0 Å². The van der Waals surface area contributed by atoms with Crippen molar-refractivity contribution >= 4 is 45.3 Å². The minimum absolute atomic E-state index is 0.277. The number of amides is 2. The van der Waals surface area contributed by atoms with Crippen molar-refractivity contribution in [3.05, 3.63) is 70.3 Å². The van der Waals surface area contributed by atoms with Crippen molar-refractivity contribution in [2.75, 3.05) is 10.6 Å². The Balaban J connectivity index is 1.46. The molecule has 2 heterocycles. The van der Waals surface area contributed by atoms with E-state index in [-0.39, 0.29) is 17.4 Å². The summed E-state index contributed by atoms with van der Waals surface area (Å²) in [5, 5.41) is 10.2. The molecule has 0 radical (unpaired) electrons. The Hall–Kier alpha value is -3.43. The average molecular weight is 453 g/mol. The summed E-state index contributed by atoms with van der Waals surface area (Å²) in [6.45, 7) is 3.29. The van der Waals surface area contributed by atoms with Gasteiger partial charge in [0, 0.05) is 45.8 Å². The maximum absolute atomic E-state index is 14.4. The third kappa shape index (κ3) is 4.84. The van der Waals surface area contributed by atoms with E-state index in [0.29, 0.717) is 22.1 Å². The van der Waals surface area contributed by atoms with Gasteiger partial charge >= 0.3 is 0 Å². The van der Waals surface area contributed by atoms with Crippen molar-refractivity contribution in [1.82, 2.24) is 9.97 Å². The molecule has 2 aromatic heterocycles. The molecule has 2 aromatic carbocycles. The lowest BCUT2D eigenvalue weighted by Gasteiger charge is -2.05. The summed E-state index contributed by atoms with van der Waals surface area (Å²) in [4.78, 5) is 32.4. The molecule has 156 valence electrons. The molecule has 31 heavy (non-hydrogen) atoms. The van der Waals surface area contributed by atoms with Crippen molar-refractivity contribution < 1.29 is 14.0 Å².